The van der Waals surface area contributed by atoms with Crippen LogP contribution in [0.4, 0.5) is 10.5 Å². The van der Waals surface area contributed by atoms with E-state index in [4.69, 9.17) is 5.73 Å². The van der Waals surface area contributed by atoms with Gasteiger partial charge in [0.05, 0.1) is 0 Å². The number of nitrogens with one attached hydrogen (secondary N) is 2. The molecule has 1 fully saturated rings. The molecule has 6 nitrogen and oxygen atoms in total. The molecule has 0 aliphatic carbocycles. The Morgan fingerprint density at radius 1 is 1.04 bits per heavy atom. The molecule has 1 saturated heterocycles. The first-order chi connectivity index (χ1) is 12.2. The zero-order valence-corrected chi connectivity index (χ0v) is 16.1. The fourth-order valence-electron chi connectivity index (χ4n) is 3.08. The van der Waals surface area contributed by atoms with Gasteiger partial charge in [-0.2, -0.15) is 0 Å². The Bertz CT molecular complexity index is 534. The van der Waals surface area contributed by atoms with E-state index in [0.29, 0.717) is 6.42 Å². The third kappa shape index (κ3) is 8.06. The largest absolute Gasteiger partial charge is 0.343 e. The molecule has 0 aromatic heterocycles. The molecule has 1 aromatic carbocycles. The molecule has 0 unspecified atom stereocenters. The van der Waals surface area contributed by atoms with Crippen molar-refractivity contribution in [1.29, 1.82) is 0 Å². The second kappa shape index (κ2) is 12.5. The number of hydrogen-bond donors (Lipinski definition) is 3. The highest BCUT2D eigenvalue weighted by Crippen LogP contribution is 2.14. The van der Waals surface area contributed by atoms with Crippen LogP contribution in [0.5, 0.6) is 0 Å². The first-order valence-electron chi connectivity index (χ1n) is 9.29. The Morgan fingerprint density at radius 3 is 2.35 bits per heavy atom. The molecule has 146 valence electrons. The zero-order valence-electron chi connectivity index (χ0n) is 15.3. The standard InChI is InChI=1S/C19H30N4O2.ClH/c20-13-7-2-1-6-10-18(24)23-14-11-17(12-15-23)22-19(25)21-16-8-4-3-5-9-16;/h3-5,8-9,17H,1-2,6-7,10-15,20H2,(H2,21,22,25);1H. The van der Waals surface area contributed by atoms with Gasteiger partial charge in [-0.05, 0) is 44.4 Å². The van der Waals surface area contributed by atoms with Crippen molar-refractivity contribution in [3.05, 3.63) is 30.3 Å². The summed E-state index contributed by atoms with van der Waals surface area (Å²) in [6, 6.07) is 9.33. The van der Waals surface area contributed by atoms with E-state index in [1.807, 2.05) is 35.2 Å². The van der Waals surface area contributed by atoms with Crippen molar-refractivity contribution in [3.63, 3.8) is 0 Å². The Morgan fingerprint density at radius 2 is 1.69 bits per heavy atom. The summed E-state index contributed by atoms with van der Waals surface area (Å²) >= 11 is 0. The molecule has 1 aliphatic rings. The van der Waals surface area contributed by atoms with Crippen molar-refractivity contribution in [2.24, 2.45) is 5.73 Å². The number of para-hydroxylation sites is 1. The smallest absolute Gasteiger partial charge is 0.319 e. The number of amides is 3. The summed E-state index contributed by atoms with van der Waals surface area (Å²) in [5.41, 5.74) is 6.25. The monoisotopic (exact) mass is 382 g/mol. The highest BCUT2D eigenvalue weighted by molar-refractivity contribution is 5.89. The number of carbonyl (C=O) groups is 2. The third-order valence-corrected chi connectivity index (χ3v) is 4.56. The number of nitrogens with zero attached hydrogens (tertiary/aromatic N) is 1. The molecule has 2 rings (SSSR count). The molecule has 26 heavy (non-hydrogen) atoms. The van der Waals surface area contributed by atoms with Gasteiger partial charge < -0.3 is 21.3 Å². The summed E-state index contributed by atoms with van der Waals surface area (Å²) in [6.07, 6.45) is 6.39. The van der Waals surface area contributed by atoms with E-state index in [9.17, 15) is 9.59 Å². The fraction of sp³-hybridized carbons (Fsp3) is 0.579. The van der Waals surface area contributed by atoms with Gasteiger partial charge in [-0.1, -0.05) is 31.0 Å². The van der Waals surface area contributed by atoms with Gasteiger partial charge in [0.15, 0.2) is 0 Å². The molecule has 0 bridgehead atoms. The van der Waals surface area contributed by atoms with Gasteiger partial charge >= 0.3 is 6.03 Å². The van der Waals surface area contributed by atoms with Crippen LogP contribution in [0.2, 0.25) is 0 Å². The molecule has 3 amide bonds. The van der Waals surface area contributed by atoms with Gasteiger partial charge in [-0.3, -0.25) is 4.79 Å². The lowest BCUT2D eigenvalue weighted by atomic mass is 10.0. The van der Waals surface area contributed by atoms with Crippen LogP contribution in [0.25, 0.3) is 0 Å². The number of halogens is 1. The van der Waals surface area contributed by atoms with Crippen LogP contribution < -0.4 is 16.4 Å². The maximum atomic E-state index is 12.2. The highest BCUT2D eigenvalue weighted by Gasteiger charge is 2.23. The minimum atomic E-state index is -0.184. The molecular formula is C19H31ClN4O2. The number of unbranched alkanes of at least 4 members (excludes halogenated alkanes) is 3. The van der Waals surface area contributed by atoms with Crippen molar-refractivity contribution >= 4 is 30.0 Å². The van der Waals surface area contributed by atoms with Crippen molar-refractivity contribution < 1.29 is 9.59 Å². The van der Waals surface area contributed by atoms with Gasteiger partial charge in [0.1, 0.15) is 0 Å². The zero-order chi connectivity index (χ0) is 17.9. The molecular weight excluding hydrogens is 352 g/mol. The molecule has 0 spiro atoms. The van der Waals surface area contributed by atoms with E-state index >= 15 is 0 Å². The summed E-state index contributed by atoms with van der Waals surface area (Å²) in [7, 11) is 0. The van der Waals surface area contributed by atoms with Crippen LogP contribution >= 0.6 is 12.4 Å². The number of likely N-dealkylation sites (tertiary alicyclic amines) is 1. The Balaban J connectivity index is 0.00000338. The molecule has 0 saturated carbocycles. The lowest BCUT2D eigenvalue weighted by molar-refractivity contribution is -0.132. The molecule has 0 radical (unpaired) electrons. The molecule has 4 N–H and O–H groups in total. The van der Waals surface area contributed by atoms with Crippen LogP contribution in [0.1, 0.15) is 44.9 Å². The summed E-state index contributed by atoms with van der Waals surface area (Å²) in [5, 5.41) is 5.82. The van der Waals surface area contributed by atoms with E-state index < -0.39 is 0 Å². The van der Waals surface area contributed by atoms with E-state index in [1.165, 1.54) is 0 Å². The van der Waals surface area contributed by atoms with Crippen LogP contribution in [0, 0.1) is 0 Å². The second-order valence-corrected chi connectivity index (χ2v) is 6.57. The number of urea groups is 1. The van der Waals surface area contributed by atoms with Crippen LogP contribution in [-0.4, -0.2) is 42.5 Å². The number of rotatable bonds is 8. The quantitative estimate of drug-likeness (QED) is 0.603. The van der Waals surface area contributed by atoms with Crippen molar-refractivity contribution in [3.8, 4) is 0 Å². The molecule has 7 heteroatoms. The maximum Gasteiger partial charge on any atom is 0.319 e. The summed E-state index contributed by atoms with van der Waals surface area (Å²) in [4.78, 5) is 26.1. The van der Waals surface area contributed by atoms with Crippen LogP contribution in [0.3, 0.4) is 0 Å². The average Bonchev–Trinajstić information content (AvgIpc) is 2.63. The molecule has 1 aromatic rings. The van der Waals surface area contributed by atoms with Crippen LogP contribution in [-0.2, 0) is 4.79 Å². The predicted molar refractivity (Wildman–Crippen MR) is 108 cm³/mol. The summed E-state index contributed by atoms with van der Waals surface area (Å²) < 4.78 is 0. The number of hydrogen-bond acceptors (Lipinski definition) is 3. The lowest BCUT2D eigenvalue weighted by Gasteiger charge is -2.32. The SMILES string of the molecule is Cl.NCCCCCCC(=O)N1CCC(NC(=O)Nc2ccccc2)CC1. The van der Waals surface area contributed by atoms with Gasteiger partial charge in [-0.25, -0.2) is 4.79 Å². The summed E-state index contributed by atoms with van der Waals surface area (Å²) in [6.45, 7) is 2.17. The van der Waals surface area contributed by atoms with Crippen molar-refractivity contribution in [2.75, 3.05) is 25.0 Å². The second-order valence-electron chi connectivity index (χ2n) is 6.57. The van der Waals surface area contributed by atoms with Crippen LogP contribution in [0.15, 0.2) is 30.3 Å². The maximum absolute atomic E-state index is 12.2. The minimum Gasteiger partial charge on any atom is -0.343 e. The molecule has 1 heterocycles. The van der Waals surface area contributed by atoms with Crippen molar-refractivity contribution in [2.45, 2.75) is 51.0 Å². The highest BCUT2D eigenvalue weighted by atomic mass is 35.5. The summed E-state index contributed by atoms with van der Waals surface area (Å²) in [5.74, 6) is 0.236. The number of piperidine rings is 1. The number of benzene rings is 1. The normalized spacial score (nSPS) is 14.4. The molecule has 0 atom stereocenters. The van der Waals surface area contributed by atoms with Gasteiger partial charge in [-0.15, -0.1) is 12.4 Å². The van der Waals surface area contributed by atoms with E-state index in [-0.39, 0.29) is 30.4 Å². The Labute approximate surface area is 162 Å². The van der Waals surface area contributed by atoms with Gasteiger partial charge in [0, 0.05) is 31.2 Å². The van der Waals surface area contributed by atoms with E-state index in [0.717, 1.165) is 63.8 Å². The van der Waals surface area contributed by atoms with E-state index in [1.54, 1.807) is 0 Å². The minimum absolute atomic E-state index is 0. The third-order valence-electron chi connectivity index (χ3n) is 4.56. The Kier molecular flexibility index (Phi) is 10.7. The number of carbonyl (C=O) groups excluding carboxylic acids is 2. The number of anilines is 1. The van der Waals surface area contributed by atoms with Crippen molar-refractivity contribution in [1.82, 2.24) is 10.2 Å². The first kappa shape index (κ1) is 22.3. The van der Waals surface area contributed by atoms with Gasteiger partial charge in [0.2, 0.25) is 5.91 Å². The Hall–Kier alpha value is -1.79. The first-order valence-corrected chi connectivity index (χ1v) is 9.29. The number of nitrogens with two attached hydrogens (primary N) is 1. The predicted octanol–water partition coefficient (Wildman–Crippen LogP) is 3.13. The topological polar surface area (TPSA) is 87.5 Å². The van der Waals surface area contributed by atoms with Gasteiger partial charge in [0.25, 0.3) is 0 Å². The lowest BCUT2D eigenvalue weighted by Crippen LogP contribution is -2.47. The molecule has 1 aliphatic heterocycles. The fourth-order valence-corrected chi connectivity index (χ4v) is 3.08. The van der Waals surface area contributed by atoms with E-state index in [2.05, 4.69) is 10.6 Å². The average molecular weight is 383 g/mol.